The molecule has 0 aliphatic rings. The Hall–Kier alpha value is -2.79. The summed E-state index contributed by atoms with van der Waals surface area (Å²) < 4.78 is 4.79. The second kappa shape index (κ2) is 6.40. The summed E-state index contributed by atoms with van der Waals surface area (Å²) in [6, 6.07) is 15.1. The molecule has 2 aromatic carbocycles. The molecule has 2 rings (SSSR count). The van der Waals surface area contributed by atoms with E-state index in [4.69, 9.17) is 11.2 Å². The van der Waals surface area contributed by atoms with Gasteiger partial charge in [-0.2, -0.15) is 0 Å². The topological polar surface area (TPSA) is 26.3 Å². The minimum absolute atomic E-state index is 0.394. The van der Waals surface area contributed by atoms with Crippen molar-refractivity contribution in [3.05, 3.63) is 70.8 Å². The molecule has 0 amide bonds. The fourth-order valence-electron chi connectivity index (χ4n) is 1.83. The largest absolute Gasteiger partial charge is 0.465 e. The van der Waals surface area contributed by atoms with Crippen molar-refractivity contribution in [2.45, 2.75) is 0 Å². The van der Waals surface area contributed by atoms with Gasteiger partial charge in [0, 0.05) is 5.56 Å². The lowest BCUT2D eigenvalue weighted by atomic mass is 10.0. The van der Waals surface area contributed by atoms with Gasteiger partial charge in [0.15, 0.2) is 0 Å². The van der Waals surface area contributed by atoms with E-state index in [1.165, 1.54) is 7.11 Å². The van der Waals surface area contributed by atoms with Crippen molar-refractivity contribution in [3.63, 3.8) is 0 Å². The van der Waals surface area contributed by atoms with Crippen molar-refractivity contribution in [3.8, 4) is 12.3 Å². The van der Waals surface area contributed by atoms with Gasteiger partial charge < -0.3 is 4.74 Å². The lowest BCUT2D eigenvalue weighted by Gasteiger charge is -2.05. The van der Waals surface area contributed by atoms with Crippen molar-refractivity contribution in [1.29, 1.82) is 0 Å². The highest BCUT2D eigenvalue weighted by Gasteiger charge is 2.10. The molecular formula is C18H14O2. The number of terminal acetylenes is 1. The van der Waals surface area contributed by atoms with E-state index < -0.39 is 5.97 Å². The summed E-state index contributed by atoms with van der Waals surface area (Å²) in [5.41, 5.74) is 2.96. The van der Waals surface area contributed by atoms with Crippen LogP contribution in [0.2, 0.25) is 0 Å². The highest BCUT2D eigenvalue weighted by atomic mass is 16.5. The molecule has 0 aliphatic carbocycles. The maximum Gasteiger partial charge on any atom is 0.338 e. The van der Waals surface area contributed by atoms with Crippen LogP contribution in [0.5, 0.6) is 0 Å². The molecule has 0 spiro atoms. The Bertz CT molecular complexity index is 676. The Morgan fingerprint density at radius 2 is 1.90 bits per heavy atom. The summed E-state index contributed by atoms with van der Waals surface area (Å²) in [6.45, 7) is 0. The molecule has 0 radical (unpaired) electrons. The first-order valence-electron chi connectivity index (χ1n) is 6.16. The lowest BCUT2D eigenvalue weighted by Crippen LogP contribution is -2.04. The minimum Gasteiger partial charge on any atom is -0.465 e. The molecule has 0 fully saturated rings. The second-order valence-electron chi connectivity index (χ2n) is 4.18. The number of carbonyl (C=O) groups excluding carboxylic acids is 1. The van der Waals surface area contributed by atoms with Crippen LogP contribution in [0.1, 0.15) is 27.0 Å². The molecule has 2 nitrogen and oxygen atoms in total. The van der Waals surface area contributed by atoms with Crippen molar-refractivity contribution < 1.29 is 9.53 Å². The molecule has 0 aromatic heterocycles. The Kier molecular flexibility index (Phi) is 4.36. The van der Waals surface area contributed by atoms with E-state index in [0.717, 1.165) is 11.1 Å². The fraction of sp³-hybridized carbons (Fsp3) is 0.0556. The molecule has 0 N–H and O–H groups in total. The van der Waals surface area contributed by atoms with E-state index in [2.05, 4.69) is 5.92 Å². The van der Waals surface area contributed by atoms with Crippen molar-refractivity contribution in [1.82, 2.24) is 0 Å². The first-order chi connectivity index (χ1) is 9.74. The number of hydrogen-bond acceptors (Lipinski definition) is 2. The SMILES string of the molecule is C#Cc1ccc(/C=C/c2ccccc2)c(C(=O)OC)c1. The summed E-state index contributed by atoms with van der Waals surface area (Å²) in [5.74, 6) is 2.12. The highest BCUT2D eigenvalue weighted by Crippen LogP contribution is 2.16. The van der Waals surface area contributed by atoms with Crippen LogP contribution in [0.3, 0.4) is 0 Å². The fourth-order valence-corrected chi connectivity index (χ4v) is 1.83. The molecule has 2 aromatic rings. The predicted octanol–water partition coefficient (Wildman–Crippen LogP) is 3.62. The number of esters is 1. The van der Waals surface area contributed by atoms with Gasteiger partial charge in [-0.05, 0) is 23.3 Å². The zero-order valence-electron chi connectivity index (χ0n) is 11.2. The van der Waals surface area contributed by atoms with Crippen LogP contribution in [0.15, 0.2) is 48.5 Å². The third kappa shape index (κ3) is 3.15. The van der Waals surface area contributed by atoms with Gasteiger partial charge in [-0.15, -0.1) is 6.42 Å². The van der Waals surface area contributed by atoms with E-state index in [1.807, 2.05) is 48.6 Å². The maximum atomic E-state index is 11.8. The average molecular weight is 262 g/mol. The monoisotopic (exact) mass is 262 g/mol. The lowest BCUT2D eigenvalue weighted by molar-refractivity contribution is 0.0600. The van der Waals surface area contributed by atoms with Gasteiger partial charge in [-0.1, -0.05) is 54.5 Å². The summed E-state index contributed by atoms with van der Waals surface area (Å²) in [4.78, 5) is 11.8. The maximum absolute atomic E-state index is 11.8. The van der Waals surface area contributed by atoms with Crippen LogP contribution in [-0.2, 0) is 4.74 Å². The van der Waals surface area contributed by atoms with Crippen LogP contribution in [-0.4, -0.2) is 13.1 Å². The number of ether oxygens (including phenoxy) is 1. The number of rotatable bonds is 3. The minimum atomic E-state index is -0.394. The van der Waals surface area contributed by atoms with Gasteiger partial charge >= 0.3 is 5.97 Å². The molecule has 0 bridgehead atoms. The molecule has 98 valence electrons. The van der Waals surface area contributed by atoms with E-state index in [-0.39, 0.29) is 0 Å². The standard InChI is InChI=1S/C18H14O2/c1-3-14-9-11-16(17(13-14)18(19)20-2)12-10-15-7-5-4-6-8-15/h1,4-13H,2H3/b12-10+. The van der Waals surface area contributed by atoms with Gasteiger partial charge in [0.1, 0.15) is 0 Å². The van der Waals surface area contributed by atoms with Gasteiger partial charge in [0.05, 0.1) is 12.7 Å². The quantitative estimate of drug-likeness (QED) is 0.479. The molecule has 0 saturated carbocycles. The smallest absolute Gasteiger partial charge is 0.338 e. The molecule has 0 unspecified atom stereocenters. The summed E-state index contributed by atoms with van der Waals surface area (Å²) in [7, 11) is 1.36. The molecule has 0 heterocycles. The Balaban J connectivity index is 2.39. The van der Waals surface area contributed by atoms with E-state index >= 15 is 0 Å². The van der Waals surface area contributed by atoms with Crippen molar-refractivity contribution >= 4 is 18.1 Å². The third-order valence-corrected chi connectivity index (χ3v) is 2.88. The van der Waals surface area contributed by atoms with Crippen LogP contribution in [0.25, 0.3) is 12.2 Å². The van der Waals surface area contributed by atoms with E-state index in [9.17, 15) is 4.79 Å². The normalized spacial score (nSPS) is 10.2. The average Bonchev–Trinajstić information content (AvgIpc) is 2.53. The number of hydrogen-bond donors (Lipinski definition) is 0. The third-order valence-electron chi connectivity index (χ3n) is 2.88. The number of methoxy groups -OCH3 is 1. The molecule has 20 heavy (non-hydrogen) atoms. The van der Waals surface area contributed by atoms with Crippen LogP contribution in [0.4, 0.5) is 0 Å². The van der Waals surface area contributed by atoms with Gasteiger partial charge in [-0.25, -0.2) is 4.79 Å². The van der Waals surface area contributed by atoms with Crippen LogP contribution < -0.4 is 0 Å². The molecule has 0 saturated heterocycles. The molecular weight excluding hydrogens is 248 g/mol. The summed E-state index contributed by atoms with van der Waals surface area (Å²) >= 11 is 0. The number of benzene rings is 2. The van der Waals surface area contributed by atoms with Gasteiger partial charge in [0.25, 0.3) is 0 Å². The predicted molar refractivity (Wildman–Crippen MR) is 81.1 cm³/mol. The van der Waals surface area contributed by atoms with E-state index in [1.54, 1.807) is 12.1 Å². The van der Waals surface area contributed by atoms with Gasteiger partial charge in [0.2, 0.25) is 0 Å². The van der Waals surface area contributed by atoms with Crippen LogP contribution in [0, 0.1) is 12.3 Å². The summed E-state index contributed by atoms with van der Waals surface area (Å²) in [5, 5.41) is 0. The highest BCUT2D eigenvalue weighted by molar-refractivity contribution is 5.95. The second-order valence-corrected chi connectivity index (χ2v) is 4.18. The summed E-state index contributed by atoms with van der Waals surface area (Å²) in [6.07, 6.45) is 9.17. The zero-order chi connectivity index (χ0) is 14.4. The Morgan fingerprint density at radius 3 is 2.55 bits per heavy atom. The van der Waals surface area contributed by atoms with Crippen LogP contribution >= 0.6 is 0 Å². The molecule has 0 atom stereocenters. The molecule has 0 aliphatic heterocycles. The Labute approximate surface area is 118 Å². The first kappa shape index (κ1) is 13.6. The molecule has 2 heteroatoms. The van der Waals surface area contributed by atoms with Crippen molar-refractivity contribution in [2.24, 2.45) is 0 Å². The number of carbonyl (C=O) groups is 1. The first-order valence-corrected chi connectivity index (χ1v) is 6.16. The van der Waals surface area contributed by atoms with Gasteiger partial charge in [-0.3, -0.25) is 0 Å². The van der Waals surface area contributed by atoms with Crippen molar-refractivity contribution in [2.75, 3.05) is 7.11 Å². The van der Waals surface area contributed by atoms with E-state index in [0.29, 0.717) is 11.1 Å². The Morgan fingerprint density at radius 1 is 1.15 bits per heavy atom. The zero-order valence-corrected chi connectivity index (χ0v) is 11.2.